The fourth-order valence-electron chi connectivity index (χ4n) is 2.17. The number of amides is 1. The van der Waals surface area contributed by atoms with Gasteiger partial charge in [0.1, 0.15) is 5.75 Å². The number of halogens is 2. The lowest BCUT2D eigenvalue weighted by Crippen LogP contribution is -2.23. The molecule has 5 nitrogen and oxygen atoms in total. The first-order chi connectivity index (χ1) is 11.5. The van der Waals surface area contributed by atoms with E-state index < -0.39 is 0 Å². The summed E-state index contributed by atoms with van der Waals surface area (Å²) < 4.78 is 15.8. The van der Waals surface area contributed by atoms with Gasteiger partial charge in [-0.25, -0.2) is 0 Å². The molecule has 24 heavy (non-hydrogen) atoms. The van der Waals surface area contributed by atoms with Gasteiger partial charge in [0, 0.05) is 23.2 Å². The molecule has 2 aromatic rings. The highest BCUT2D eigenvalue weighted by atomic mass is 35.5. The number of rotatable bonds is 6. The van der Waals surface area contributed by atoms with Crippen LogP contribution in [-0.4, -0.2) is 27.2 Å². The average molecular weight is 370 g/mol. The van der Waals surface area contributed by atoms with Crippen molar-refractivity contribution in [1.82, 2.24) is 5.32 Å². The van der Waals surface area contributed by atoms with E-state index >= 15 is 0 Å². The number of carbonyl (C=O) groups excluding carboxylic acids is 1. The Morgan fingerprint density at radius 1 is 0.958 bits per heavy atom. The molecule has 0 saturated carbocycles. The number of benzene rings is 2. The topological polar surface area (TPSA) is 56.8 Å². The number of ether oxygens (including phenoxy) is 3. The maximum Gasteiger partial charge on any atom is 0.253 e. The van der Waals surface area contributed by atoms with E-state index in [0.717, 1.165) is 5.56 Å². The standard InChI is InChI=1S/C17H17Cl2NO4/c1-22-14-8-16(24-3)15(23-2)6-10(14)9-20-17(21)12-7-11(18)4-5-13(12)19/h4-8H,9H2,1-3H3,(H,20,21). The molecule has 1 N–H and O–H groups in total. The van der Waals surface area contributed by atoms with Crippen molar-refractivity contribution in [1.29, 1.82) is 0 Å². The zero-order valence-corrected chi connectivity index (χ0v) is 15.0. The molecule has 0 unspecified atom stereocenters. The van der Waals surface area contributed by atoms with Crippen molar-refractivity contribution in [3.05, 3.63) is 51.5 Å². The SMILES string of the molecule is COc1cc(OC)c(OC)cc1CNC(=O)c1cc(Cl)ccc1Cl. The molecule has 0 bridgehead atoms. The molecular weight excluding hydrogens is 353 g/mol. The van der Waals surface area contributed by atoms with E-state index in [1.807, 2.05) is 0 Å². The molecule has 0 aliphatic rings. The van der Waals surface area contributed by atoms with Crippen molar-refractivity contribution in [3.8, 4) is 17.2 Å². The minimum absolute atomic E-state index is 0.227. The lowest BCUT2D eigenvalue weighted by Gasteiger charge is -2.15. The second-order valence-corrected chi connectivity index (χ2v) is 5.67. The first-order valence-electron chi connectivity index (χ1n) is 7.02. The van der Waals surface area contributed by atoms with Crippen molar-refractivity contribution in [2.24, 2.45) is 0 Å². The number of hydrogen-bond donors (Lipinski definition) is 1. The molecule has 0 radical (unpaired) electrons. The normalized spacial score (nSPS) is 10.2. The second-order valence-electron chi connectivity index (χ2n) is 4.83. The molecule has 2 rings (SSSR count). The molecule has 0 aromatic heterocycles. The summed E-state index contributed by atoms with van der Waals surface area (Å²) in [5, 5.41) is 3.56. The van der Waals surface area contributed by atoms with Gasteiger partial charge in [0.05, 0.1) is 31.9 Å². The van der Waals surface area contributed by atoms with Crippen molar-refractivity contribution in [2.45, 2.75) is 6.54 Å². The van der Waals surface area contributed by atoms with Gasteiger partial charge in [0.15, 0.2) is 11.5 Å². The Morgan fingerprint density at radius 2 is 1.58 bits per heavy atom. The van der Waals surface area contributed by atoms with Gasteiger partial charge in [-0.2, -0.15) is 0 Å². The first-order valence-corrected chi connectivity index (χ1v) is 7.77. The number of hydrogen-bond acceptors (Lipinski definition) is 4. The van der Waals surface area contributed by atoms with E-state index in [2.05, 4.69) is 5.32 Å². The van der Waals surface area contributed by atoms with Crippen LogP contribution in [0, 0.1) is 0 Å². The lowest BCUT2D eigenvalue weighted by molar-refractivity contribution is 0.0951. The third kappa shape index (κ3) is 4.04. The molecule has 0 saturated heterocycles. The molecule has 0 fully saturated rings. The molecule has 0 heterocycles. The van der Waals surface area contributed by atoms with E-state index in [1.165, 1.54) is 6.07 Å². The van der Waals surface area contributed by atoms with Gasteiger partial charge in [0.25, 0.3) is 5.91 Å². The smallest absolute Gasteiger partial charge is 0.253 e. The Balaban J connectivity index is 2.22. The summed E-state index contributed by atoms with van der Waals surface area (Å²) in [6.07, 6.45) is 0. The molecule has 0 spiro atoms. The first kappa shape index (κ1) is 18.2. The van der Waals surface area contributed by atoms with Gasteiger partial charge < -0.3 is 19.5 Å². The largest absolute Gasteiger partial charge is 0.496 e. The fourth-order valence-corrected chi connectivity index (χ4v) is 2.55. The average Bonchev–Trinajstić information content (AvgIpc) is 2.60. The van der Waals surface area contributed by atoms with E-state index in [1.54, 1.807) is 45.6 Å². The zero-order chi connectivity index (χ0) is 17.7. The number of carbonyl (C=O) groups is 1. The molecule has 128 valence electrons. The molecule has 0 atom stereocenters. The van der Waals surface area contributed by atoms with Crippen LogP contribution in [-0.2, 0) is 6.54 Å². The van der Waals surface area contributed by atoms with E-state index in [9.17, 15) is 4.79 Å². The fraction of sp³-hybridized carbons (Fsp3) is 0.235. The van der Waals surface area contributed by atoms with Crippen LogP contribution in [0.3, 0.4) is 0 Å². The summed E-state index contributed by atoms with van der Waals surface area (Å²) in [7, 11) is 4.62. The predicted molar refractivity (Wildman–Crippen MR) is 93.7 cm³/mol. The van der Waals surface area contributed by atoms with E-state index in [4.69, 9.17) is 37.4 Å². The summed E-state index contributed by atoms with van der Waals surface area (Å²) in [6, 6.07) is 8.17. The Morgan fingerprint density at radius 3 is 2.21 bits per heavy atom. The van der Waals surface area contributed by atoms with Crippen LogP contribution < -0.4 is 19.5 Å². The van der Waals surface area contributed by atoms with Gasteiger partial charge in [0.2, 0.25) is 0 Å². The second kappa shape index (κ2) is 8.13. The Labute approximate surface area is 150 Å². The van der Waals surface area contributed by atoms with Crippen LogP contribution in [0.2, 0.25) is 10.0 Å². The highest BCUT2D eigenvalue weighted by Crippen LogP contribution is 2.34. The van der Waals surface area contributed by atoms with Crippen LogP contribution in [0.5, 0.6) is 17.2 Å². The Bertz CT molecular complexity index is 750. The molecule has 1 amide bonds. The van der Waals surface area contributed by atoms with Gasteiger partial charge in [-0.3, -0.25) is 4.79 Å². The minimum Gasteiger partial charge on any atom is -0.496 e. The minimum atomic E-state index is -0.334. The van der Waals surface area contributed by atoms with Gasteiger partial charge in [-0.1, -0.05) is 23.2 Å². The van der Waals surface area contributed by atoms with Crippen molar-refractivity contribution < 1.29 is 19.0 Å². The van der Waals surface area contributed by atoms with Crippen LogP contribution >= 0.6 is 23.2 Å². The van der Waals surface area contributed by atoms with E-state index in [-0.39, 0.29) is 12.5 Å². The third-order valence-electron chi connectivity index (χ3n) is 3.40. The van der Waals surface area contributed by atoms with Crippen molar-refractivity contribution in [3.63, 3.8) is 0 Å². The Kier molecular flexibility index (Phi) is 6.17. The van der Waals surface area contributed by atoms with Gasteiger partial charge in [-0.05, 0) is 24.3 Å². The third-order valence-corrected chi connectivity index (χ3v) is 3.96. The van der Waals surface area contributed by atoms with Crippen LogP contribution in [0.15, 0.2) is 30.3 Å². The summed E-state index contributed by atoms with van der Waals surface area (Å²) >= 11 is 11.9. The number of methoxy groups -OCH3 is 3. The lowest BCUT2D eigenvalue weighted by atomic mass is 10.1. The summed E-state index contributed by atoms with van der Waals surface area (Å²) in [6.45, 7) is 0.227. The highest BCUT2D eigenvalue weighted by molar-refractivity contribution is 6.35. The maximum atomic E-state index is 12.3. The summed E-state index contributed by atoms with van der Waals surface area (Å²) in [5.41, 5.74) is 1.05. The molecule has 2 aromatic carbocycles. The maximum absolute atomic E-state index is 12.3. The van der Waals surface area contributed by atoms with Crippen molar-refractivity contribution >= 4 is 29.1 Å². The summed E-state index contributed by atoms with van der Waals surface area (Å²) in [5.74, 6) is 1.33. The quantitative estimate of drug-likeness (QED) is 0.837. The van der Waals surface area contributed by atoms with Crippen LogP contribution in [0.25, 0.3) is 0 Å². The molecular formula is C17H17Cl2NO4. The van der Waals surface area contributed by atoms with E-state index in [0.29, 0.717) is 32.9 Å². The monoisotopic (exact) mass is 369 g/mol. The van der Waals surface area contributed by atoms with Gasteiger partial charge >= 0.3 is 0 Å². The number of nitrogens with one attached hydrogen (secondary N) is 1. The van der Waals surface area contributed by atoms with Crippen LogP contribution in [0.4, 0.5) is 0 Å². The van der Waals surface area contributed by atoms with Gasteiger partial charge in [-0.15, -0.1) is 0 Å². The predicted octanol–water partition coefficient (Wildman–Crippen LogP) is 3.95. The van der Waals surface area contributed by atoms with Crippen LogP contribution in [0.1, 0.15) is 15.9 Å². The molecule has 7 heteroatoms. The highest BCUT2D eigenvalue weighted by Gasteiger charge is 2.15. The summed E-state index contributed by atoms with van der Waals surface area (Å²) in [4.78, 5) is 12.3. The molecule has 0 aliphatic heterocycles. The van der Waals surface area contributed by atoms with Crippen molar-refractivity contribution in [2.75, 3.05) is 21.3 Å². The molecule has 0 aliphatic carbocycles. The zero-order valence-electron chi connectivity index (χ0n) is 13.5. The Hall–Kier alpha value is -2.11.